The van der Waals surface area contributed by atoms with E-state index in [4.69, 9.17) is 5.73 Å². The van der Waals surface area contributed by atoms with Crippen LogP contribution < -0.4 is 5.73 Å². The summed E-state index contributed by atoms with van der Waals surface area (Å²) in [6, 6.07) is 7.78. The Labute approximate surface area is 81.1 Å². The SMILES string of the molecule is Cc1nc(-c2ccccc2N)cs1. The molecule has 0 unspecified atom stereocenters. The normalized spacial score (nSPS) is 10.2. The molecule has 0 amide bonds. The van der Waals surface area contributed by atoms with Crippen LogP contribution >= 0.6 is 11.3 Å². The number of benzene rings is 1. The number of anilines is 1. The molecule has 0 saturated heterocycles. The van der Waals surface area contributed by atoms with Gasteiger partial charge in [-0.15, -0.1) is 11.3 Å². The Morgan fingerprint density at radius 2 is 2.08 bits per heavy atom. The molecule has 2 aromatic rings. The lowest BCUT2D eigenvalue weighted by Gasteiger charge is -1.99. The van der Waals surface area contributed by atoms with Gasteiger partial charge < -0.3 is 5.73 Å². The molecule has 2 nitrogen and oxygen atoms in total. The van der Waals surface area contributed by atoms with E-state index in [0.29, 0.717) is 0 Å². The van der Waals surface area contributed by atoms with Crippen LogP contribution in [0.25, 0.3) is 11.3 Å². The zero-order chi connectivity index (χ0) is 9.26. The van der Waals surface area contributed by atoms with Crippen LogP contribution in [0.1, 0.15) is 5.01 Å². The Bertz CT molecular complexity index is 420. The largest absolute Gasteiger partial charge is 0.398 e. The number of hydrogen-bond donors (Lipinski definition) is 1. The van der Waals surface area contributed by atoms with Gasteiger partial charge in [-0.3, -0.25) is 0 Å². The second-order valence-corrected chi connectivity index (χ2v) is 3.90. The highest BCUT2D eigenvalue weighted by molar-refractivity contribution is 7.09. The smallest absolute Gasteiger partial charge is 0.0901 e. The topological polar surface area (TPSA) is 38.9 Å². The summed E-state index contributed by atoms with van der Waals surface area (Å²) in [5.74, 6) is 0. The van der Waals surface area contributed by atoms with E-state index in [2.05, 4.69) is 4.98 Å². The second kappa shape index (κ2) is 3.18. The number of nitrogens with two attached hydrogens (primary N) is 1. The van der Waals surface area contributed by atoms with E-state index in [1.807, 2.05) is 36.6 Å². The van der Waals surface area contributed by atoms with Gasteiger partial charge in [-0.25, -0.2) is 4.98 Å². The average Bonchev–Trinajstić information content (AvgIpc) is 2.53. The van der Waals surface area contributed by atoms with Crippen LogP contribution in [0.3, 0.4) is 0 Å². The minimum absolute atomic E-state index is 0.785. The minimum atomic E-state index is 0.785. The first-order chi connectivity index (χ1) is 6.27. The van der Waals surface area contributed by atoms with Crippen LogP contribution in [0, 0.1) is 6.92 Å². The van der Waals surface area contributed by atoms with Crippen LogP contribution in [0.2, 0.25) is 0 Å². The zero-order valence-electron chi connectivity index (χ0n) is 7.32. The Morgan fingerprint density at radius 3 is 2.69 bits per heavy atom. The van der Waals surface area contributed by atoms with Gasteiger partial charge in [-0.2, -0.15) is 0 Å². The summed E-state index contributed by atoms with van der Waals surface area (Å²) < 4.78 is 0. The van der Waals surface area contributed by atoms with Gasteiger partial charge >= 0.3 is 0 Å². The molecule has 0 fully saturated rings. The van der Waals surface area contributed by atoms with Crippen molar-refractivity contribution in [3.8, 4) is 11.3 Å². The molecule has 1 aromatic heterocycles. The van der Waals surface area contributed by atoms with Crippen molar-refractivity contribution in [1.82, 2.24) is 4.98 Å². The minimum Gasteiger partial charge on any atom is -0.398 e. The fraction of sp³-hybridized carbons (Fsp3) is 0.100. The Hall–Kier alpha value is -1.35. The molecule has 3 heteroatoms. The molecule has 0 aliphatic rings. The molecule has 0 spiro atoms. The zero-order valence-corrected chi connectivity index (χ0v) is 8.14. The van der Waals surface area contributed by atoms with Crippen LogP contribution in [0.15, 0.2) is 29.6 Å². The van der Waals surface area contributed by atoms with Gasteiger partial charge in [0.1, 0.15) is 0 Å². The average molecular weight is 190 g/mol. The van der Waals surface area contributed by atoms with Crippen molar-refractivity contribution >= 4 is 17.0 Å². The van der Waals surface area contributed by atoms with Crippen molar-refractivity contribution in [1.29, 1.82) is 0 Å². The maximum absolute atomic E-state index is 5.83. The molecule has 13 heavy (non-hydrogen) atoms. The highest BCUT2D eigenvalue weighted by Crippen LogP contribution is 2.26. The van der Waals surface area contributed by atoms with E-state index >= 15 is 0 Å². The van der Waals surface area contributed by atoms with Gasteiger partial charge in [-0.05, 0) is 13.0 Å². The Kier molecular flexibility index (Phi) is 2.02. The first kappa shape index (κ1) is 8.26. The Balaban J connectivity index is 2.52. The molecular weight excluding hydrogens is 180 g/mol. The fourth-order valence-corrected chi connectivity index (χ4v) is 1.83. The third-order valence-electron chi connectivity index (χ3n) is 1.86. The maximum Gasteiger partial charge on any atom is 0.0901 e. The van der Waals surface area contributed by atoms with Crippen molar-refractivity contribution in [2.24, 2.45) is 0 Å². The molecule has 1 heterocycles. The van der Waals surface area contributed by atoms with Gasteiger partial charge in [0.25, 0.3) is 0 Å². The van der Waals surface area contributed by atoms with E-state index in [1.54, 1.807) is 11.3 Å². The van der Waals surface area contributed by atoms with Gasteiger partial charge in [0, 0.05) is 16.6 Å². The van der Waals surface area contributed by atoms with E-state index in [0.717, 1.165) is 22.0 Å². The molecule has 2 rings (SSSR count). The highest BCUT2D eigenvalue weighted by Gasteiger charge is 2.03. The maximum atomic E-state index is 5.83. The summed E-state index contributed by atoms with van der Waals surface area (Å²) in [6.45, 7) is 1.99. The number of aryl methyl sites for hydroxylation is 1. The van der Waals surface area contributed by atoms with Crippen molar-refractivity contribution in [2.75, 3.05) is 5.73 Å². The summed E-state index contributed by atoms with van der Waals surface area (Å²) in [5, 5.41) is 3.10. The fourth-order valence-electron chi connectivity index (χ4n) is 1.22. The summed E-state index contributed by atoms with van der Waals surface area (Å²) in [4.78, 5) is 4.38. The molecule has 0 bridgehead atoms. The molecular formula is C10H10N2S. The van der Waals surface area contributed by atoms with Crippen molar-refractivity contribution in [2.45, 2.75) is 6.92 Å². The first-order valence-electron chi connectivity index (χ1n) is 4.04. The van der Waals surface area contributed by atoms with Crippen LogP contribution in [0.4, 0.5) is 5.69 Å². The molecule has 0 aliphatic heterocycles. The number of nitrogens with zero attached hydrogens (tertiary/aromatic N) is 1. The van der Waals surface area contributed by atoms with Gasteiger partial charge in [0.05, 0.1) is 10.7 Å². The number of nitrogen functional groups attached to an aromatic ring is 1. The number of para-hydroxylation sites is 1. The third kappa shape index (κ3) is 1.55. The van der Waals surface area contributed by atoms with Gasteiger partial charge in [-0.1, -0.05) is 18.2 Å². The van der Waals surface area contributed by atoms with E-state index in [-0.39, 0.29) is 0 Å². The molecule has 1 aromatic carbocycles. The quantitative estimate of drug-likeness (QED) is 0.702. The van der Waals surface area contributed by atoms with Crippen LogP contribution in [-0.4, -0.2) is 4.98 Å². The van der Waals surface area contributed by atoms with Gasteiger partial charge in [0.2, 0.25) is 0 Å². The number of rotatable bonds is 1. The summed E-state index contributed by atoms with van der Waals surface area (Å²) in [6.07, 6.45) is 0. The van der Waals surface area contributed by atoms with Crippen LogP contribution in [0.5, 0.6) is 0 Å². The third-order valence-corrected chi connectivity index (χ3v) is 2.63. The van der Waals surface area contributed by atoms with Crippen molar-refractivity contribution in [3.63, 3.8) is 0 Å². The van der Waals surface area contributed by atoms with Crippen molar-refractivity contribution < 1.29 is 0 Å². The van der Waals surface area contributed by atoms with E-state index in [1.165, 1.54) is 0 Å². The molecule has 0 saturated carbocycles. The van der Waals surface area contributed by atoms with E-state index < -0.39 is 0 Å². The summed E-state index contributed by atoms with van der Waals surface area (Å²) >= 11 is 1.64. The molecule has 66 valence electrons. The predicted octanol–water partition coefficient (Wildman–Crippen LogP) is 2.70. The van der Waals surface area contributed by atoms with Gasteiger partial charge in [0.15, 0.2) is 0 Å². The highest BCUT2D eigenvalue weighted by atomic mass is 32.1. The molecule has 0 atom stereocenters. The van der Waals surface area contributed by atoms with Crippen LogP contribution in [-0.2, 0) is 0 Å². The number of aromatic nitrogens is 1. The summed E-state index contributed by atoms with van der Waals surface area (Å²) in [7, 11) is 0. The first-order valence-corrected chi connectivity index (χ1v) is 4.92. The summed E-state index contributed by atoms with van der Waals surface area (Å²) in [5.41, 5.74) is 8.60. The lowest BCUT2D eigenvalue weighted by atomic mass is 10.1. The molecule has 0 radical (unpaired) electrons. The predicted molar refractivity (Wildman–Crippen MR) is 56.7 cm³/mol. The lowest BCUT2D eigenvalue weighted by Crippen LogP contribution is -1.88. The molecule has 2 N–H and O–H groups in total. The second-order valence-electron chi connectivity index (χ2n) is 2.84. The Morgan fingerprint density at radius 1 is 1.31 bits per heavy atom. The monoisotopic (exact) mass is 190 g/mol. The van der Waals surface area contributed by atoms with Crippen molar-refractivity contribution in [3.05, 3.63) is 34.7 Å². The van der Waals surface area contributed by atoms with E-state index in [9.17, 15) is 0 Å². The number of hydrogen-bond acceptors (Lipinski definition) is 3. The lowest BCUT2D eigenvalue weighted by molar-refractivity contribution is 1.30. The standard InChI is InChI=1S/C10H10N2S/c1-7-12-10(6-13-7)8-4-2-3-5-9(8)11/h2-6H,11H2,1H3. The molecule has 0 aliphatic carbocycles. The number of thiazole rings is 1.